The van der Waals surface area contributed by atoms with Crippen molar-refractivity contribution in [3.05, 3.63) is 35.4 Å². The molecule has 0 radical (unpaired) electrons. The predicted molar refractivity (Wildman–Crippen MR) is 65.3 cm³/mol. The van der Waals surface area contributed by atoms with Crippen molar-refractivity contribution >= 4 is 5.78 Å². The first kappa shape index (κ1) is 13.4. The fourth-order valence-electron chi connectivity index (χ4n) is 1.52. The topological polar surface area (TPSA) is 50.1 Å². The third-order valence-corrected chi connectivity index (χ3v) is 2.46. The summed E-state index contributed by atoms with van der Waals surface area (Å²) in [5.41, 5.74) is 1.58. The van der Waals surface area contributed by atoms with E-state index in [0.717, 1.165) is 18.4 Å². The van der Waals surface area contributed by atoms with E-state index >= 15 is 0 Å². The summed E-state index contributed by atoms with van der Waals surface area (Å²) in [4.78, 5) is 10.7. The fourth-order valence-corrected chi connectivity index (χ4v) is 1.52. The molecule has 17 heavy (non-hydrogen) atoms. The highest BCUT2D eigenvalue weighted by Gasteiger charge is 2.00. The van der Waals surface area contributed by atoms with Gasteiger partial charge in [-0.3, -0.25) is 0 Å². The summed E-state index contributed by atoms with van der Waals surface area (Å²) >= 11 is 0. The third kappa shape index (κ3) is 5.28. The van der Waals surface area contributed by atoms with Crippen LogP contribution in [0.4, 0.5) is 0 Å². The third-order valence-electron chi connectivity index (χ3n) is 2.46. The Hall–Kier alpha value is -1.66. The van der Waals surface area contributed by atoms with E-state index in [-0.39, 0.29) is 5.78 Å². The summed E-state index contributed by atoms with van der Waals surface area (Å²) in [6.45, 7) is 2.70. The van der Waals surface area contributed by atoms with Crippen LogP contribution in [-0.2, 0) is 16.1 Å². The van der Waals surface area contributed by atoms with E-state index in [9.17, 15) is 4.79 Å². The number of carbonyl (C=O) groups excluding carboxylic acids is 1. The number of Topliss-reactive ketones (excluding diaryl/α,β-unsaturated/α-hetero) is 1. The molecule has 3 heteroatoms. The number of ether oxygens (including phenoxy) is 1. The summed E-state index contributed by atoms with van der Waals surface area (Å²) in [6, 6.07) is 9.56. The lowest BCUT2D eigenvalue weighted by molar-refractivity contribution is -0.117. The van der Waals surface area contributed by atoms with Gasteiger partial charge in [0.05, 0.1) is 18.2 Å². The van der Waals surface area contributed by atoms with Crippen LogP contribution in [-0.4, -0.2) is 12.4 Å². The molecule has 0 heterocycles. The Labute approximate surface area is 102 Å². The van der Waals surface area contributed by atoms with Gasteiger partial charge in [0, 0.05) is 13.0 Å². The van der Waals surface area contributed by atoms with E-state index in [1.165, 1.54) is 0 Å². The van der Waals surface area contributed by atoms with Gasteiger partial charge in [-0.2, -0.15) is 5.26 Å². The molecule has 0 spiro atoms. The molecule has 1 rings (SSSR count). The van der Waals surface area contributed by atoms with Gasteiger partial charge in [-0.15, -0.1) is 0 Å². The van der Waals surface area contributed by atoms with Crippen LogP contribution in [0.1, 0.15) is 37.3 Å². The first-order valence-corrected chi connectivity index (χ1v) is 5.79. The molecule has 0 aliphatic carbocycles. The number of nitriles is 1. The van der Waals surface area contributed by atoms with Crippen molar-refractivity contribution in [1.29, 1.82) is 5.26 Å². The molecule has 0 fully saturated rings. The van der Waals surface area contributed by atoms with Crippen molar-refractivity contribution < 1.29 is 9.53 Å². The average molecular weight is 231 g/mol. The first-order chi connectivity index (χ1) is 8.24. The molecule has 0 aromatic heterocycles. The number of rotatable bonds is 7. The summed E-state index contributed by atoms with van der Waals surface area (Å²) in [7, 11) is 0. The van der Waals surface area contributed by atoms with Gasteiger partial charge in [0.1, 0.15) is 5.78 Å². The second-order valence-corrected chi connectivity index (χ2v) is 3.98. The molecule has 0 N–H and O–H groups in total. The van der Waals surface area contributed by atoms with E-state index < -0.39 is 0 Å². The highest BCUT2D eigenvalue weighted by atomic mass is 16.5. The van der Waals surface area contributed by atoms with Gasteiger partial charge in [-0.25, -0.2) is 0 Å². The summed E-state index contributed by atoms with van der Waals surface area (Å²) in [5.74, 6) is 0.222. The summed E-state index contributed by atoms with van der Waals surface area (Å²) < 4.78 is 5.48. The fraction of sp³-hybridized carbons (Fsp3) is 0.429. The van der Waals surface area contributed by atoms with E-state index in [1.807, 2.05) is 18.2 Å². The number of hydrogen-bond acceptors (Lipinski definition) is 3. The smallest absolute Gasteiger partial charge is 0.129 e. The zero-order valence-corrected chi connectivity index (χ0v) is 10.1. The second kappa shape index (κ2) is 7.59. The zero-order chi connectivity index (χ0) is 12.5. The van der Waals surface area contributed by atoms with Crippen LogP contribution in [0.5, 0.6) is 0 Å². The van der Waals surface area contributed by atoms with E-state index in [2.05, 4.69) is 6.07 Å². The molecule has 90 valence electrons. The maximum atomic E-state index is 10.7. The molecule has 1 aromatic carbocycles. The number of hydrogen-bond donors (Lipinski definition) is 0. The Balaban J connectivity index is 2.22. The first-order valence-electron chi connectivity index (χ1n) is 5.79. The van der Waals surface area contributed by atoms with Gasteiger partial charge >= 0.3 is 0 Å². The minimum absolute atomic E-state index is 0.222. The molecule has 0 saturated carbocycles. The standard InChI is InChI=1S/C14H17NO2/c1-12(16)6-4-5-9-17-11-14-8-3-2-7-13(14)10-15/h2-3,7-8H,4-6,9,11H2,1H3. The highest BCUT2D eigenvalue weighted by Crippen LogP contribution is 2.09. The highest BCUT2D eigenvalue weighted by molar-refractivity contribution is 5.75. The summed E-state index contributed by atoms with van der Waals surface area (Å²) in [5, 5.41) is 8.88. The number of carbonyl (C=O) groups is 1. The molecular formula is C14H17NO2. The van der Waals surface area contributed by atoms with Crippen molar-refractivity contribution in [2.75, 3.05) is 6.61 Å². The van der Waals surface area contributed by atoms with Crippen LogP contribution in [0.15, 0.2) is 24.3 Å². The maximum Gasteiger partial charge on any atom is 0.129 e. The van der Waals surface area contributed by atoms with Crippen molar-refractivity contribution in [1.82, 2.24) is 0 Å². The lowest BCUT2D eigenvalue weighted by Crippen LogP contribution is -1.99. The molecule has 0 aliphatic rings. The molecule has 0 atom stereocenters. The van der Waals surface area contributed by atoms with Gasteiger partial charge in [-0.05, 0) is 31.4 Å². The number of benzene rings is 1. The molecule has 0 saturated heterocycles. The van der Waals surface area contributed by atoms with Gasteiger partial charge in [0.2, 0.25) is 0 Å². The molecule has 0 amide bonds. The Morgan fingerprint density at radius 1 is 1.35 bits per heavy atom. The lowest BCUT2D eigenvalue weighted by Gasteiger charge is -2.05. The monoisotopic (exact) mass is 231 g/mol. The van der Waals surface area contributed by atoms with Gasteiger partial charge in [-0.1, -0.05) is 18.2 Å². The Bertz CT molecular complexity index is 407. The van der Waals surface area contributed by atoms with E-state index in [1.54, 1.807) is 13.0 Å². The van der Waals surface area contributed by atoms with Crippen LogP contribution in [0, 0.1) is 11.3 Å². The molecule has 0 bridgehead atoms. The van der Waals surface area contributed by atoms with Crippen LogP contribution in [0.3, 0.4) is 0 Å². The normalized spacial score (nSPS) is 9.88. The van der Waals surface area contributed by atoms with Crippen molar-refractivity contribution in [3.8, 4) is 6.07 Å². The SMILES string of the molecule is CC(=O)CCCCOCc1ccccc1C#N. The van der Waals surface area contributed by atoms with Crippen molar-refractivity contribution in [2.24, 2.45) is 0 Å². The van der Waals surface area contributed by atoms with Crippen LogP contribution >= 0.6 is 0 Å². The predicted octanol–water partition coefficient (Wildman–Crippen LogP) is 2.83. The van der Waals surface area contributed by atoms with Crippen molar-refractivity contribution in [3.63, 3.8) is 0 Å². The van der Waals surface area contributed by atoms with Crippen LogP contribution in [0.2, 0.25) is 0 Å². The van der Waals surface area contributed by atoms with Crippen LogP contribution in [0.25, 0.3) is 0 Å². The number of nitrogens with zero attached hydrogens (tertiary/aromatic N) is 1. The largest absolute Gasteiger partial charge is 0.377 e. The van der Waals surface area contributed by atoms with E-state index in [0.29, 0.717) is 25.2 Å². The lowest BCUT2D eigenvalue weighted by atomic mass is 10.1. The quantitative estimate of drug-likeness (QED) is 0.678. The van der Waals surface area contributed by atoms with E-state index in [4.69, 9.17) is 10.00 Å². The Kier molecular flexibility index (Phi) is 5.98. The van der Waals surface area contributed by atoms with Gasteiger partial charge in [0.25, 0.3) is 0 Å². The van der Waals surface area contributed by atoms with Crippen LogP contribution < -0.4 is 0 Å². The second-order valence-electron chi connectivity index (χ2n) is 3.98. The van der Waals surface area contributed by atoms with Gasteiger partial charge < -0.3 is 9.53 Å². The molecule has 0 unspecified atom stereocenters. The molecule has 0 aliphatic heterocycles. The Morgan fingerprint density at radius 2 is 2.12 bits per heavy atom. The molecular weight excluding hydrogens is 214 g/mol. The van der Waals surface area contributed by atoms with Gasteiger partial charge in [0.15, 0.2) is 0 Å². The Morgan fingerprint density at radius 3 is 2.82 bits per heavy atom. The minimum atomic E-state index is 0.222. The van der Waals surface area contributed by atoms with Crippen molar-refractivity contribution in [2.45, 2.75) is 32.8 Å². The number of ketones is 1. The number of unbranched alkanes of at least 4 members (excludes halogenated alkanes) is 1. The molecule has 1 aromatic rings. The molecule has 3 nitrogen and oxygen atoms in total. The minimum Gasteiger partial charge on any atom is -0.377 e. The maximum absolute atomic E-state index is 10.7. The zero-order valence-electron chi connectivity index (χ0n) is 10.1. The average Bonchev–Trinajstić information content (AvgIpc) is 2.33. The summed E-state index contributed by atoms with van der Waals surface area (Å²) in [6.07, 6.45) is 2.38.